The van der Waals surface area contributed by atoms with Crippen molar-refractivity contribution in [3.8, 4) is 0 Å². The smallest absolute Gasteiger partial charge is 0.326 e. The van der Waals surface area contributed by atoms with E-state index in [-0.39, 0.29) is 75.2 Å². The van der Waals surface area contributed by atoms with Crippen LogP contribution in [0.1, 0.15) is 112 Å². The van der Waals surface area contributed by atoms with Gasteiger partial charge in [0, 0.05) is 36.5 Å². The van der Waals surface area contributed by atoms with Crippen molar-refractivity contribution >= 4 is 70.0 Å². The van der Waals surface area contributed by atoms with E-state index < -0.39 is 115 Å². The zero-order chi connectivity index (χ0) is 53.1. The molecule has 0 bridgehead atoms. The fourth-order valence-corrected chi connectivity index (χ4v) is 8.35. The summed E-state index contributed by atoms with van der Waals surface area (Å²) < 4.78 is 0. The molecule has 0 aliphatic carbocycles. The first-order valence-corrected chi connectivity index (χ1v) is 24.5. The van der Waals surface area contributed by atoms with Gasteiger partial charge in [0.2, 0.25) is 53.2 Å². The molecule has 13 N–H and O–H groups in total. The SMILES string of the molecule is CC(C)C[C@H](NC(=O)[C@H](CCC(N)=O)NC(=O)CNC(=O)[C@@H]1CCCN1C(=O)CNC(=O)[C@H](Cc1c[nH]c2ccccc12)NC(=O)[C@H](CC(C)C)NC(=O)[C@H](CC(C)C)NC(=O)[C@@H](N)CC(C)C)C(=O)O. The van der Waals surface area contributed by atoms with E-state index >= 15 is 0 Å². The zero-order valence-corrected chi connectivity index (χ0v) is 42.4. The lowest BCUT2D eigenvalue weighted by molar-refractivity contribution is -0.143. The molecule has 0 spiro atoms. The molecule has 0 radical (unpaired) electrons. The van der Waals surface area contributed by atoms with E-state index in [4.69, 9.17) is 11.5 Å². The number of carboxylic acid groups (broad SMARTS) is 1. The first-order valence-electron chi connectivity index (χ1n) is 24.5. The zero-order valence-electron chi connectivity index (χ0n) is 42.4. The van der Waals surface area contributed by atoms with Gasteiger partial charge in [-0.1, -0.05) is 73.6 Å². The molecule has 1 aromatic heterocycles. The Labute approximate surface area is 415 Å². The summed E-state index contributed by atoms with van der Waals surface area (Å²) in [6.45, 7) is 13.9. The maximum absolute atomic E-state index is 14.2. The Morgan fingerprint density at radius 1 is 0.662 bits per heavy atom. The van der Waals surface area contributed by atoms with Crippen LogP contribution in [0.15, 0.2) is 30.5 Å². The van der Waals surface area contributed by atoms with Crippen LogP contribution in [-0.2, 0) is 54.4 Å². The molecule has 2 aromatic rings. The fraction of sp³-hybridized carbons (Fsp3) is 0.633. The van der Waals surface area contributed by atoms with Gasteiger partial charge in [0.05, 0.1) is 19.1 Å². The van der Waals surface area contributed by atoms with Crippen LogP contribution in [0.2, 0.25) is 0 Å². The first-order chi connectivity index (χ1) is 33.4. The van der Waals surface area contributed by atoms with E-state index in [1.54, 1.807) is 20.0 Å². The summed E-state index contributed by atoms with van der Waals surface area (Å²) in [7, 11) is 0. The number of hydrogen-bond donors (Lipinski definition) is 11. The van der Waals surface area contributed by atoms with Crippen molar-refractivity contribution in [1.82, 2.24) is 47.1 Å². The number of aromatic amines is 1. The molecule has 3 rings (SSSR count). The number of carbonyl (C=O) groups excluding carboxylic acids is 9. The third-order valence-electron chi connectivity index (χ3n) is 11.8. The molecule has 2 heterocycles. The minimum absolute atomic E-state index is 0.00802. The predicted octanol–water partition coefficient (Wildman–Crippen LogP) is 0.220. The van der Waals surface area contributed by atoms with Gasteiger partial charge in [-0.2, -0.15) is 0 Å². The molecule has 1 fully saturated rings. The van der Waals surface area contributed by atoms with Crippen molar-refractivity contribution in [2.24, 2.45) is 35.1 Å². The summed E-state index contributed by atoms with van der Waals surface area (Å²) in [6, 6.07) is -0.461. The second-order valence-corrected chi connectivity index (χ2v) is 20.1. The Bertz CT molecular complexity index is 2190. The molecule has 1 aliphatic rings. The van der Waals surface area contributed by atoms with E-state index in [2.05, 4.69) is 42.2 Å². The number of primary amides is 1. The molecule has 71 heavy (non-hydrogen) atoms. The maximum Gasteiger partial charge on any atom is 0.326 e. The highest BCUT2D eigenvalue weighted by Gasteiger charge is 2.36. The third-order valence-corrected chi connectivity index (χ3v) is 11.8. The van der Waals surface area contributed by atoms with Crippen LogP contribution in [0.4, 0.5) is 0 Å². The number of H-pyrrole nitrogens is 1. The fourth-order valence-electron chi connectivity index (χ4n) is 8.35. The quantitative estimate of drug-likeness (QED) is 0.0522. The molecule has 0 saturated carbocycles. The van der Waals surface area contributed by atoms with Crippen LogP contribution < -0.4 is 48.7 Å². The second-order valence-electron chi connectivity index (χ2n) is 20.1. The average Bonchev–Trinajstić information content (AvgIpc) is 3.95. The molecular formula is C49H77N11O11. The minimum atomic E-state index is -1.35. The topological polar surface area (TPSA) is 346 Å². The summed E-state index contributed by atoms with van der Waals surface area (Å²) in [5, 5.41) is 28.6. The number of nitrogens with zero attached hydrogens (tertiary/aromatic N) is 1. The highest BCUT2D eigenvalue weighted by atomic mass is 16.4. The van der Waals surface area contributed by atoms with Gasteiger partial charge in [-0.25, -0.2) is 4.79 Å². The summed E-state index contributed by atoms with van der Waals surface area (Å²) >= 11 is 0. The molecule has 1 aliphatic heterocycles. The van der Waals surface area contributed by atoms with Crippen LogP contribution >= 0.6 is 0 Å². The number of nitrogens with two attached hydrogens (primary N) is 2. The van der Waals surface area contributed by atoms with E-state index in [0.717, 1.165) is 10.9 Å². The molecule has 9 amide bonds. The maximum atomic E-state index is 14.2. The first kappa shape index (κ1) is 58.7. The van der Waals surface area contributed by atoms with E-state index in [1.165, 1.54) is 4.90 Å². The molecule has 394 valence electrons. The van der Waals surface area contributed by atoms with Gasteiger partial charge in [-0.05, 0) is 80.2 Å². The number of amides is 9. The number of likely N-dealkylation sites (tertiary alicyclic amines) is 1. The summed E-state index contributed by atoms with van der Waals surface area (Å²) in [4.78, 5) is 136. The monoisotopic (exact) mass is 996 g/mol. The summed E-state index contributed by atoms with van der Waals surface area (Å²) in [6.07, 6.45) is 2.79. The predicted molar refractivity (Wildman–Crippen MR) is 264 cm³/mol. The van der Waals surface area contributed by atoms with Gasteiger partial charge in [0.15, 0.2) is 0 Å². The Balaban J connectivity index is 1.75. The summed E-state index contributed by atoms with van der Waals surface area (Å²) in [5.41, 5.74) is 12.9. The molecule has 22 nitrogen and oxygen atoms in total. The van der Waals surface area contributed by atoms with Crippen LogP contribution in [0.3, 0.4) is 0 Å². The Hall–Kier alpha value is -6.58. The number of nitrogens with one attached hydrogen (secondary N) is 8. The Kier molecular flexibility index (Phi) is 23.4. The molecular weight excluding hydrogens is 919 g/mol. The molecule has 0 unspecified atom stereocenters. The number of rotatable bonds is 29. The van der Waals surface area contributed by atoms with Gasteiger partial charge in [0.25, 0.3) is 0 Å². The van der Waals surface area contributed by atoms with Crippen molar-refractivity contribution in [1.29, 1.82) is 0 Å². The van der Waals surface area contributed by atoms with Crippen molar-refractivity contribution in [2.45, 2.75) is 155 Å². The number of para-hydroxylation sites is 1. The summed E-state index contributed by atoms with van der Waals surface area (Å²) in [5.74, 6) is -7.53. The normalized spacial score (nSPS) is 16.1. The van der Waals surface area contributed by atoms with Crippen molar-refractivity contribution in [3.63, 3.8) is 0 Å². The molecule has 22 heteroatoms. The van der Waals surface area contributed by atoms with Crippen molar-refractivity contribution in [3.05, 3.63) is 36.0 Å². The molecule has 1 aromatic carbocycles. The number of carbonyl (C=O) groups is 10. The molecule has 7 atom stereocenters. The van der Waals surface area contributed by atoms with Gasteiger partial charge in [-0.15, -0.1) is 0 Å². The highest BCUT2D eigenvalue weighted by molar-refractivity contribution is 5.97. The lowest BCUT2D eigenvalue weighted by Gasteiger charge is -2.28. The second kappa shape index (κ2) is 28.3. The van der Waals surface area contributed by atoms with Gasteiger partial charge in [0.1, 0.15) is 36.3 Å². The van der Waals surface area contributed by atoms with Crippen LogP contribution in [-0.4, -0.2) is 136 Å². The number of benzene rings is 1. The number of aliphatic carboxylic acids is 1. The van der Waals surface area contributed by atoms with Crippen LogP contribution in [0.25, 0.3) is 10.9 Å². The van der Waals surface area contributed by atoms with Gasteiger partial charge >= 0.3 is 5.97 Å². The van der Waals surface area contributed by atoms with Crippen molar-refractivity contribution < 1.29 is 53.1 Å². The minimum Gasteiger partial charge on any atom is -0.480 e. The number of carboxylic acids is 1. The lowest BCUT2D eigenvalue weighted by Crippen LogP contribution is -2.59. The van der Waals surface area contributed by atoms with E-state index in [1.807, 2.05) is 65.8 Å². The highest BCUT2D eigenvalue weighted by Crippen LogP contribution is 2.21. The Morgan fingerprint density at radius 3 is 1.77 bits per heavy atom. The largest absolute Gasteiger partial charge is 0.480 e. The van der Waals surface area contributed by atoms with E-state index in [9.17, 15) is 53.1 Å². The number of fused-ring (bicyclic) bond motifs is 1. The average molecular weight is 996 g/mol. The molecule has 1 saturated heterocycles. The lowest BCUT2D eigenvalue weighted by atomic mass is 9.98. The standard InChI is InChI=1S/C49H77N11O11/c1-26(2)18-32(50)43(64)56-35(19-27(3)4)46(67)57-36(20-28(5)6)47(68)58-37(22-30-23-52-33-13-10-9-12-31(30)33)44(65)54-25-42(63)60-17-11-14-39(60)48(69)53-24-41(62)55-34(15-16-40(51)61)45(66)59-38(49(70)71)21-29(7)8/h9-10,12-13,23,26-29,32,34-39,52H,11,14-22,24-25,50H2,1-8H3,(H2,51,61)(H,53,69)(H,54,65)(H,55,62)(H,56,64)(H,57,67)(H,58,68)(H,59,66)(H,70,71)/t32-,34-,35-,36-,37-,38-,39-/m0/s1. The van der Waals surface area contributed by atoms with Crippen molar-refractivity contribution in [2.75, 3.05) is 19.6 Å². The third kappa shape index (κ3) is 19.6. The number of aromatic nitrogens is 1. The van der Waals surface area contributed by atoms with Gasteiger partial charge < -0.3 is 63.7 Å². The Morgan fingerprint density at radius 2 is 1.20 bits per heavy atom. The number of hydrogen-bond acceptors (Lipinski definition) is 11. The van der Waals surface area contributed by atoms with Crippen LogP contribution in [0.5, 0.6) is 0 Å². The van der Waals surface area contributed by atoms with Gasteiger partial charge in [-0.3, -0.25) is 43.2 Å². The van der Waals surface area contributed by atoms with E-state index in [0.29, 0.717) is 18.4 Å². The van der Waals surface area contributed by atoms with Crippen LogP contribution in [0, 0.1) is 23.7 Å².